The molecular weight excluding hydrogens is 314 g/mol. The van der Waals surface area contributed by atoms with Crippen molar-refractivity contribution < 1.29 is 0 Å². The zero-order valence-electron chi connectivity index (χ0n) is 15.0. The van der Waals surface area contributed by atoms with E-state index in [1.165, 1.54) is 5.56 Å². The summed E-state index contributed by atoms with van der Waals surface area (Å²) in [5.41, 5.74) is 4.41. The van der Waals surface area contributed by atoms with E-state index in [-0.39, 0.29) is 0 Å². The third kappa shape index (κ3) is 2.79. The zero-order chi connectivity index (χ0) is 17.4. The number of rotatable bonds is 3. The molecule has 1 aliphatic heterocycles. The van der Waals surface area contributed by atoms with Crippen LogP contribution in [0, 0.1) is 13.8 Å². The van der Waals surface area contributed by atoms with Gasteiger partial charge in [0.1, 0.15) is 17.7 Å². The molecule has 25 heavy (non-hydrogen) atoms. The molecule has 3 aromatic heterocycles. The predicted molar refractivity (Wildman–Crippen MR) is 98.3 cm³/mol. The van der Waals surface area contributed by atoms with E-state index in [4.69, 9.17) is 0 Å². The zero-order valence-corrected chi connectivity index (χ0v) is 15.0. The van der Waals surface area contributed by atoms with Crippen LogP contribution in [0.1, 0.15) is 23.9 Å². The van der Waals surface area contributed by atoms with E-state index in [0.717, 1.165) is 61.1 Å². The summed E-state index contributed by atoms with van der Waals surface area (Å²) in [6, 6.07) is 2.09. The lowest BCUT2D eigenvalue weighted by molar-refractivity contribution is 0.637. The lowest BCUT2D eigenvalue weighted by atomic mass is 10.1. The summed E-state index contributed by atoms with van der Waals surface area (Å²) in [4.78, 5) is 18.2. The topological polar surface area (TPSA) is 62.5 Å². The van der Waals surface area contributed by atoms with E-state index in [9.17, 15) is 0 Å². The highest BCUT2D eigenvalue weighted by Crippen LogP contribution is 2.25. The summed E-state index contributed by atoms with van der Waals surface area (Å²) in [6.07, 6.45) is 6.36. The van der Waals surface area contributed by atoms with Gasteiger partial charge < -0.3 is 9.80 Å². The lowest BCUT2D eigenvalue weighted by Crippen LogP contribution is -2.47. The molecule has 0 atom stereocenters. The third-order valence-corrected chi connectivity index (χ3v) is 4.86. The molecule has 7 heteroatoms. The molecule has 0 amide bonds. The number of aromatic nitrogens is 5. The van der Waals surface area contributed by atoms with Gasteiger partial charge in [0.2, 0.25) is 0 Å². The minimum absolute atomic E-state index is 0.920. The van der Waals surface area contributed by atoms with Crippen molar-refractivity contribution in [2.75, 3.05) is 36.0 Å². The van der Waals surface area contributed by atoms with Crippen LogP contribution in [-0.4, -0.2) is 50.7 Å². The average Bonchev–Trinajstić information content (AvgIpc) is 3.02. The molecule has 4 heterocycles. The molecule has 7 nitrogen and oxygen atoms in total. The van der Waals surface area contributed by atoms with Gasteiger partial charge in [-0.2, -0.15) is 5.10 Å². The van der Waals surface area contributed by atoms with Gasteiger partial charge >= 0.3 is 0 Å². The maximum Gasteiger partial charge on any atom is 0.154 e. The van der Waals surface area contributed by atoms with Gasteiger partial charge in [0, 0.05) is 49.8 Å². The molecule has 0 radical (unpaired) electrons. The highest BCUT2D eigenvalue weighted by atomic mass is 15.3. The summed E-state index contributed by atoms with van der Waals surface area (Å²) < 4.78 is 1.91. The molecule has 0 spiro atoms. The van der Waals surface area contributed by atoms with Crippen LogP contribution < -0.4 is 9.80 Å². The largest absolute Gasteiger partial charge is 0.353 e. The van der Waals surface area contributed by atoms with Crippen LogP contribution in [0.15, 0.2) is 24.8 Å². The molecule has 0 saturated carbocycles. The van der Waals surface area contributed by atoms with Crippen LogP contribution in [0.5, 0.6) is 0 Å². The highest BCUT2D eigenvalue weighted by Gasteiger charge is 2.23. The Labute approximate surface area is 147 Å². The van der Waals surface area contributed by atoms with Crippen molar-refractivity contribution in [1.82, 2.24) is 24.6 Å². The second kappa shape index (κ2) is 6.31. The van der Waals surface area contributed by atoms with Crippen LogP contribution in [0.25, 0.3) is 5.52 Å². The number of aryl methyl sites for hydroxylation is 2. The summed E-state index contributed by atoms with van der Waals surface area (Å²) in [7, 11) is 0. The van der Waals surface area contributed by atoms with E-state index >= 15 is 0 Å². The van der Waals surface area contributed by atoms with E-state index < -0.39 is 0 Å². The molecule has 4 rings (SSSR count). The van der Waals surface area contributed by atoms with Crippen LogP contribution >= 0.6 is 0 Å². The van der Waals surface area contributed by atoms with Crippen LogP contribution in [0.3, 0.4) is 0 Å². The minimum atomic E-state index is 0.920. The van der Waals surface area contributed by atoms with Gasteiger partial charge in [-0.25, -0.2) is 19.5 Å². The van der Waals surface area contributed by atoms with Crippen LogP contribution in [0.2, 0.25) is 0 Å². The maximum atomic E-state index is 4.61. The standard InChI is InChI=1S/C18H23N7/c1-4-15-14(3)20-12-21-17(15)23-7-9-24(10-8-23)18-16-11-13(2)22-25(16)6-5-19-18/h5-6,11-12H,4,7-10H2,1-3H3. The fourth-order valence-electron chi connectivity index (χ4n) is 3.58. The number of fused-ring (bicyclic) bond motifs is 1. The Bertz CT molecular complexity index is 894. The summed E-state index contributed by atoms with van der Waals surface area (Å²) in [5.74, 6) is 2.10. The maximum absolute atomic E-state index is 4.61. The minimum Gasteiger partial charge on any atom is -0.353 e. The Hall–Kier alpha value is -2.70. The predicted octanol–water partition coefficient (Wildman–Crippen LogP) is 2.03. The Balaban J connectivity index is 1.56. The van der Waals surface area contributed by atoms with Crippen molar-refractivity contribution >= 4 is 17.2 Å². The molecular formula is C18H23N7. The van der Waals surface area contributed by atoms with Gasteiger partial charge in [0.25, 0.3) is 0 Å². The second-order valence-electron chi connectivity index (χ2n) is 6.46. The van der Waals surface area contributed by atoms with Gasteiger partial charge in [-0.3, -0.25) is 0 Å². The molecule has 1 saturated heterocycles. The molecule has 1 aliphatic rings. The SMILES string of the molecule is CCc1c(C)ncnc1N1CCN(c2nccn3nc(C)cc23)CC1. The normalized spacial score (nSPS) is 15.2. The fraction of sp³-hybridized carbons (Fsp3) is 0.444. The first kappa shape index (κ1) is 15.8. The van der Waals surface area contributed by atoms with E-state index in [2.05, 4.69) is 49.8 Å². The first-order valence-electron chi connectivity index (χ1n) is 8.78. The summed E-state index contributed by atoms with van der Waals surface area (Å²) in [5, 5.41) is 4.49. The first-order chi connectivity index (χ1) is 12.2. The van der Waals surface area contributed by atoms with Crippen molar-refractivity contribution in [1.29, 1.82) is 0 Å². The van der Waals surface area contributed by atoms with Gasteiger partial charge in [0.15, 0.2) is 5.82 Å². The lowest BCUT2D eigenvalue weighted by Gasteiger charge is -2.37. The molecule has 0 unspecified atom stereocenters. The first-order valence-corrected chi connectivity index (χ1v) is 8.78. The van der Waals surface area contributed by atoms with E-state index in [1.54, 1.807) is 6.33 Å². The Morgan fingerprint density at radius 2 is 1.68 bits per heavy atom. The molecule has 130 valence electrons. The van der Waals surface area contributed by atoms with Crippen molar-refractivity contribution in [2.45, 2.75) is 27.2 Å². The highest BCUT2D eigenvalue weighted by molar-refractivity contribution is 5.69. The number of hydrogen-bond donors (Lipinski definition) is 0. The molecule has 1 fully saturated rings. The monoisotopic (exact) mass is 337 g/mol. The Morgan fingerprint density at radius 1 is 0.960 bits per heavy atom. The number of nitrogens with zero attached hydrogens (tertiary/aromatic N) is 7. The molecule has 0 N–H and O–H groups in total. The van der Waals surface area contributed by atoms with Crippen LogP contribution in [0.4, 0.5) is 11.6 Å². The average molecular weight is 337 g/mol. The number of piperazine rings is 1. The van der Waals surface area contributed by atoms with Crippen molar-refractivity contribution in [3.63, 3.8) is 0 Å². The van der Waals surface area contributed by atoms with Crippen molar-refractivity contribution in [3.8, 4) is 0 Å². The quantitative estimate of drug-likeness (QED) is 0.729. The number of anilines is 2. The number of hydrogen-bond acceptors (Lipinski definition) is 6. The molecule has 0 aliphatic carbocycles. The van der Waals surface area contributed by atoms with E-state index in [0.29, 0.717) is 0 Å². The molecule has 0 bridgehead atoms. The second-order valence-corrected chi connectivity index (χ2v) is 6.46. The fourth-order valence-corrected chi connectivity index (χ4v) is 3.58. The summed E-state index contributed by atoms with van der Waals surface area (Å²) in [6.45, 7) is 9.94. The van der Waals surface area contributed by atoms with Gasteiger partial charge in [-0.05, 0) is 26.3 Å². The Morgan fingerprint density at radius 3 is 2.40 bits per heavy atom. The van der Waals surface area contributed by atoms with Crippen molar-refractivity contribution in [2.24, 2.45) is 0 Å². The third-order valence-electron chi connectivity index (χ3n) is 4.86. The molecule has 0 aromatic carbocycles. The van der Waals surface area contributed by atoms with Crippen LogP contribution in [-0.2, 0) is 6.42 Å². The van der Waals surface area contributed by atoms with Gasteiger partial charge in [0.05, 0.1) is 5.69 Å². The molecule has 3 aromatic rings. The smallest absolute Gasteiger partial charge is 0.154 e. The van der Waals surface area contributed by atoms with Crippen molar-refractivity contribution in [3.05, 3.63) is 41.7 Å². The summed E-state index contributed by atoms with van der Waals surface area (Å²) >= 11 is 0. The van der Waals surface area contributed by atoms with Gasteiger partial charge in [-0.15, -0.1) is 0 Å². The van der Waals surface area contributed by atoms with E-state index in [1.807, 2.05) is 23.8 Å². The van der Waals surface area contributed by atoms with Gasteiger partial charge in [-0.1, -0.05) is 6.92 Å². The Kier molecular flexibility index (Phi) is 3.99.